The van der Waals surface area contributed by atoms with Crippen LogP contribution in [0.3, 0.4) is 0 Å². The molecule has 7 heteroatoms. The Morgan fingerprint density at radius 2 is 2.00 bits per heavy atom. The van der Waals surface area contributed by atoms with Crippen molar-refractivity contribution in [2.75, 3.05) is 25.0 Å². The first-order valence-electron chi connectivity index (χ1n) is 10.3. The fourth-order valence-corrected chi connectivity index (χ4v) is 3.77. The molecule has 1 aromatic carbocycles. The van der Waals surface area contributed by atoms with Gasteiger partial charge in [0.1, 0.15) is 17.7 Å². The van der Waals surface area contributed by atoms with E-state index in [0.29, 0.717) is 12.4 Å². The summed E-state index contributed by atoms with van der Waals surface area (Å²) in [4.78, 5) is 15.4. The molecule has 0 unspecified atom stereocenters. The molecule has 3 aromatic heterocycles. The molecule has 6 nitrogen and oxygen atoms in total. The van der Waals surface area contributed by atoms with Gasteiger partial charge in [-0.05, 0) is 48.0 Å². The molecule has 0 saturated carbocycles. The highest BCUT2D eigenvalue weighted by atomic mass is 19.1. The van der Waals surface area contributed by atoms with Crippen molar-refractivity contribution in [3.63, 3.8) is 0 Å². The van der Waals surface area contributed by atoms with E-state index in [-0.39, 0.29) is 11.9 Å². The number of rotatable bonds is 5. The van der Waals surface area contributed by atoms with Gasteiger partial charge < -0.3 is 10.1 Å². The number of hydrogen-bond acceptors (Lipinski definition) is 6. The standard InChI is InChI=1S/C24H22FN5O/c25-19-4-8-24(28-13-19)29-20-5-7-22(27-14-20)23-16-30(10-11-31-23)15-17-3-6-21-18(12-17)2-1-9-26-21/h1-9,12-14,23H,10-11,15-16H2,(H,28,29)/t23-/m0/s1. The third-order valence-corrected chi connectivity index (χ3v) is 5.34. The van der Waals surface area contributed by atoms with E-state index in [1.54, 1.807) is 12.3 Å². The Morgan fingerprint density at radius 1 is 1.03 bits per heavy atom. The van der Waals surface area contributed by atoms with Crippen molar-refractivity contribution in [2.24, 2.45) is 0 Å². The summed E-state index contributed by atoms with van der Waals surface area (Å²) >= 11 is 0. The minimum atomic E-state index is -0.363. The van der Waals surface area contributed by atoms with Crippen molar-refractivity contribution in [3.05, 3.63) is 90.3 Å². The Hall–Kier alpha value is -3.42. The molecule has 4 heterocycles. The van der Waals surface area contributed by atoms with Crippen LogP contribution in [-0.4, -0.2) is 39.5 Å². The summed E-state index contributed by atoms with van der Waals surface area (Å²) in [7, 11) is 0. The van der Waals surface area contributed by atoms with Gasteiger partial charge in [-0.2, -0.15) is 0 Å². The number of hydrogen-bond donors (Lipinski definition) is 1. The molecule has 156 valence electrons. The lowest BCUT2D eigenvalue weighted by atomic mass is 10.1. The largest absolute Gasteiger partial charge is 0.369 e. The number of aromatic nitrogens is 3. The maximum Gasteiger partial charge on any atom is 0.141 e. The van der Waals surface area contributed by atoms with E-state index in [2.05, 4.69) is 49.4 Å². The Bertz CT molecular complexity index is 1170. The van der Waals surface area contributed by atoms with Crippen molar-refractivity contribution in [2.45, 2.75) is 12.6 Å². The normalized spacial score (nSPS) is 17.0. The van der Waals surface area contributed by atoms with Crippen LogP contribution in [0.15, 0.2) is 73.2 Å². The van der Waals surface area contributed by atoms with E-state index in [0.717, 1.165) is 41.9 Å². The smallest absolute Gasteiger partial charge is 0.141 e. The van der Waals surface area contributed by atoms with E-state index in [1.807, 2.05) is 24.4 Å². The molecule has 1 saturated heterocycles. The lowest BCUT2D eigenvalue weighted by Gasteiger charge is -2.32. The third-order valence-electron chi connectivity index (χ3n) is 5.34. The van der Waals surface area contributed by atoms with Crippen molar-refractivity contribution in [1.29, 1.82) is 0 Å². The lowest BCUT2D eigenvalue weighted by molar-refractivity contribution is -0.0349. The summed E-state index contributed by atoms with van der Waals surface area (Å²) in [5, 5.41) is 4.28. The van der Waals surface area contributed by atoms with Crippen LogP contribution in [-0.2, 0) is 11.3 Å². The van der Waals surface area contributed by atoms with Crippen LogP contribution in [0.25, 0.3) is 10.9 Å². The molecule has 4 aromatic rings. The highest BCUT2D eigenvalue weighted by Gasteiger charge is 2.23. The second-order valence-corrected chi connectivity index (χ2v) is 7.58. The van der Waals surface area contributed by atoms with E-state index >= 15 is 0 Å². The van der Waals surface area contributed by atoms with Gasteiger partial charge in [0.2, 0.25) is 0 Å². The molecule has 5 rings (SSSR count). The lowest BCUT2D eigenvalue weighted by Crippen LogP contribution is -2.38. The monoisotopic (exact) mass is 415 g/mol. The predicted molar refractivity (Wildman–Crippen MR) is 117 cm³/mol. The van der Waals surface area contributed by atoms with Gasteiger partial charge in [0.15, 0.2) is 0 Å². The van der Waals surface area contributed by atoms with Crippen LogP contribution < -0.4 is 5.32 Å². The first-order chi connectivity index (χ1) is 15.2. The summed E-state index contributed by atoms with van der Waals surface area (Å²) in [6.07, 6.45) is 4.67. The Kier molecular flexibility index (Phi) is 5.52. The second-order valence-electron chi connectivity index (χ2n) is 7.58. The average Bonchev–Trinajstić information content (AvgIpc) is 2.81. The van der Waals surface area contributed by atoms with Gasteiger partial charge in [-0.15, -0.1) is 0 Å². The number of morpholine rings is 1. The molecule has 1 fully saturated rings. The first kappa shape index (κ1) is 19.5. The molecule has 1 atom stereocenters. The molecule has 1 aliphatic heterocycles. The summed E-state index contributed by atoms with van der Waals surface area (Å²) in [5.74, 6) is 0.208. The van der Waals surface area contributed by atoms with E-state index in [1.165, 1.54) is 17.8 Å². The molecule has 0 radical (unpaired) electrons. The molecular weight excluding hydrogens is 393 g/mol. The maximum absolute atomic E-state index is 13.0. The van der Waals surface area contributed by atoms with Crippen molar-refractivity contribution < 1.29 is 9.13 Å². The summed E-state index contributed by atoms with van der Waals surface area (Å²) in [5.41, 5.74) is 3.96. The van der Waals surface area contributed by atoms with Gasteiger partial charge in [-0.3, -0.25) is 14.9 Å². The number of pyridine rings is 3. The Balaban J connectivity index is 1.23. The van der Waals surface area contributed by atoms with Crippen LogP contribution in [0.4, 0.5) is 15.9 Å². The SMILES string of the molecule is Fc1ccc(Nc2ccc([C@@H]3CN(Cc4ccc5ncccc5c4)CCO3)nc2)nc1. The number of fused-ring (bicyclic) bond motifs is 1. The van der Waals surface area contributed by atoms with Gasteiger partial charge in [-0.1, -0.05) is 12.1 Å². The first-order valence-corrected chi connectivity index (χ1v) is 10.3. The predicted octanol–water partition coefficient (Wildman–Crippen LogP) is 4.48. The summed E-state index contributed by atoms with van der Waals surface area (Å²) in [6.45, 7) is 3.20. The summed E-state index contributed by atoms with van der Waals surface area (Å²) in [6, 6.07) is 17.3. The number of nitrogens with one attached hydrogen (secondary N) is 1. The number of benzene rings is 1. The van der Waals surface area contributed by atoms with E-state index in [9.17, 15) is 4.39 Å². The third kappa shape index (κ3) is 4.68. The molecule has 0 bridgehead atoms. The molecular formula is C24H22FN5O. The second kappa shape index (κ2) is 8.75. The van der Waals surface area contributed by atoms with Gasteiger partial charge in [0.05, 0.1) is 35.9 Å². The zero-order chi connectivity index (χ0) is 21.0. The quantitative estimate of drug-likeness (QED) is 0.519. The van der Waals surface area contributed by atoms with Gasteiger partial charge in [0.25, 0.3) is 0 Å². The molecule has 0 amide bonds. The zero-order valence-electron chi connectivity index (χ0n) is 16.9. The van der Waals surface area contributed by atoms with Crippen molar-refractivity contribution in [1.82, 2.24) is 19.9 Å². The van der Waals surface area contributed by atoms with E-state index in [4.69, 9.17) is 4.74 Å². The molecule has 0 aliphatic carbocycles. The maximum atomic E-state index is 13.0. The van der Waals surface area contributed by atoms with E-state index < -0.39 is 0 Å². The van der Waals surface area contributed by atoms with Crippen molar-refractivity contribution in [3.8, 4) is 0 Å². The topological polar surface area (TPSA) is 63.2 Å². The van der Waals surface area contributed by atoms with Crippen LogP contribution in [0.1, 0.15) is 17.4 Å². The number of nitrogens with zero attached hydrogens (tertiary/aromatic N) is 4. The molecule has 0 spiro atoms. The molecule has 31 heavy (non-hydrogen) atoms. The van der Waals surface area contributed by atoms with Gasteiger partial charge in [-0.25, -0.2) is 9.37 Å². The highest BCUT2D eigenvalue weighted by Crippen LogP contribution is 2.24. The Morgan fingerprint density at radius 3 is 2.84 bits per heavy atom. The number of anilines is 2. The molecule has 1 N–H and O–H groups in total. The van der Waals surface area contributed by atoms with Crippen LogP contribution in [0, 0.1) is 5.82 Å². The zero-order valence-corrected chi connectivity index (χ0v) is 16.9. The minimum Gasteiger partial charge on any atom is -0.369 e. The highest BCUT2D eigenvalue weighted by molar-refractivity contribution is 5.78. The van der Waals surface area contributed by atoms with Gasteiger partial charge in [0, 0.05) is 31.2 Å². The number of halogens is 1. The average molecular weight is 415 g/mol. The molecule has 1 aliphatic rings. The fraction of sp³-hybridized carbons (Fsp3) is 0.208. The van der Waals surface area contributed by atoms with Crippen molar-refractivity contribution >= 4 is 22.4 Å². The van der Waals surface area contributed by atoms with Crippen LogP contribution in [0.5, 0.6) is 0 Å². The van der Waals surface area contributed by atoms with Gasteiger partial charge >= 0.3 is 0 Å². The Labute approximate surface area is 179 Å². The summed E-state index contributed by atoms with van der Waals surface area (Å²) < 4.78 is 19.0. The van der Waals surface area contributed by atoms with Crippen LogP contribution >= 0.6 is 0 Å². The number of ether oxygens (including phenoxy) is 1. The minimum absolute atomic E-state index is 0.0751. The van der Waals surface area contributed by atoms with Crippen LogP contribution in [0.2, 0.25) is 0 Å². The fourth-order valence-electron chi connectivity index (χ4n) is 3.77.